The quantitative estimate of drug-likeness (QED) is 0.297. The lowest BCUT2D eigenvalue weighted by Gasteiger charge is -2.36. The number of fused-ring (bicyclic) bond motifs is 1. The fourth-order valence-electron chi connectivity index (χ4n) is 3.99. The van der Waals surface area contributed by atoms with Crippen molar-refractivity contribution in [3.05, 3.63) is 45.2 Å². The maximum absolute atomic E-state index is 13.6. The van der Waals surface area contributed by atoms with E-state index < -0.39 is 17.6 Å². The molecule has 0 saturated carbocycles. The van der Waals surface area contributed by atoms with Crippen LogP contribution in [0.25, 0.3) is 11.7 Å². The Kier molecular flexibility index (Phi) is 8.01. The van der Waals surface area contributed by atoms with Crippen molar-refractivity contribution in [3.63, 3.8) is 0 Å². The summed E-state index contributed by atoms with van der Waals surface area (Å²) >= 11 is 6.44. The van der Waals surface area contributed by atoms with Gasteiger partial charge in [-0.15, -0.1) is 0 Å². The van der Waals surface area contributed by atoms with Crippen LogP contribution >= 0.6 is 24.0 Å². The third kappa shape index (κ3) is 5.13. The molecule has 2 saturated heterocycles. The van der Waals surface area contributed by atoms with Gasteiger partial charge in [-0.25, -0.2) is 4.98 Å². The van der Waals surface area contributed by atoms with E-state index in [0.717, 1.165) is 11.8 Å². The van der Waals surface area contributed by atoms with Gasteiger partial charge in [0.05, 0.1) is 36.6 Å². The van der Waals surface area contributed by atoms with E-state index in [2.05, 4.69) is 10.3 Å². The minimum absolute atomic E-state index is 0.120. The summed E-state index contributed by atoms with van der Waals surface area (Å²) in [6.07, 6.45) is 2.83. The maximum atomic E-state index is 13.6. The number of nitrogens with one attached hydrogen (secondary N) is 1. The van der Waals surface area contributed by atoms with Crippen molar-refractivity contribution in [1.29, 1.82) is 0 Å². The van der Waals surface area contributed by atoms with Crippen molar-refractivity contribution in [2.45, 2.75) is 19.4 Å². The Labute approximate surface area is 216 Å². The molecule has 2 amide bonds. The van der Waals surface area contributed by atoms with Crippen LogP contribution in [0.3, 0.4) is 0 Å². The highest BCUT2D eigenvalue weighted by molar-refractivity contribution is 8.26. The number of pyridine rings is 1. The van der Waals surface area contributed by atoms with Crippen LogP contribution in [0, 0.1) is 0 Å². The molecule has 2 aromatic heterocycles. The molecule has 13 heteroatoms. The highest BCUT2D eigenvalue weighted by atomic mass is 32.2. The SMILES string of the molecule is CCOC(=O)CC1C(=O)NCCN1c1nc2ccccn2c(=O)c1/C=C1/SC(=S)N(CCOC)C1=O. The summed E-state index contributed by atoms with van der Waals surface area (Å²) < 4.78 is 11.8. The predicted octanol–water partition coefficient (Wildman–Crippen LogP) is 0.800. The average Bonchev–Trinajstić information content (AvgIpc) is 3.12. The zero-order valence-corrected chi connectivity index (χ0v) is 21.4. The number of carbonyl (C=O) groups excluding carboxylic acids is 3. The van der Waals surface area contributed by atoms with Crippen molar-refractivity contribution in [3.8, 4) is 0 Å². The van der Waals surface area contributed by atoms with Crippen LogP contribution in [0.5, 0.6) is 0 Å². The molecule has 0 bridgehead atoms. The van der Waals surface area contributed by atoms with Gasteiger partial charge >= 0.3 is 5.97 Å². The van der Waals surface area contributed by atoms with E-state index >= 15 is 0 Å². The summed E-state index contributed by atoms with van der Waals surface area (Å²) in [6, 6.07) is 4.18. The molecule has 2 fully saturated rings. The van der Waals surface area contributed by atoms with Gasteiger partial charge in [-0.05, 0) is 25.1 Å². The number of carbonyl (C=O) groups is 3. The number of esters is 1. The van der Waals surface area contributed by atoms with Gasteiger partial charge in [0.2, 0.25) is 5.91 Å². The van der Waals surface area contributed by atoms with Crippen LogP contribution in [0.4, 0.5) is 5.82 Å². The second-order valence-electron chi connectivity index (χ2n) is 7.92. The molecule has 4 heterocycles. The van der Waals surface area contributed by atoms with Gasteiger partial charge in [0.25, 0.3) is 11.5 Å². The van der Waals surface area contributed by atoms with E-state index in [1.54, 1.807) is 36.2 Å². The molecule has 4 rings (SSSR count). The first-order chi connectivity index (χ1) is 17.3. The van der Waals surface area contributed by atoms with Gasteiger partial charge in [0.15, 0.2) is 0 Å². The largest absolute Gasteiger partial charge is 0.466 e. The Hall–Kier alpha value is -3.29. The van der Waals surface area contributed by atoms with Gasteiger partial charge < -0.3 is 19.7 Å². The minimum atomic E-state index is -0.931. The number of aromatic nitrogens is 2. The summed E-state index contributed by atoms with van der Waals surface area (Å²) in [5.41, 5.74) is 0.0660. The lowest BCUT2D eigenvalue weighted by atomic mass is 10.1. The lowest BCUT2D eigenvalue weighted by Crippen LogP contribution is -2.57. The molecule has 0 aliphatic carbocycles. The summed E-state index contributed by atoms with van der Waals surface area (Å²) in [6.45, 7) is 3.06. The number of ether oxygens (including phenoxy) is 2. The average molecular weight is 532 g/mol. The zero-order valence-electron chi connectivity index (χ0n) is 19.8. The Morgan fingerprint density at radius 1 is 1.33 bits per heavy atom. The Balaban J connectivity index is 1.83. The van der Waals surface area contributed by atoms with Crippen LogP contribution in [-0.4, -0.2) is 82.4 Å². The van der Waals surface area contributed by atoms with Crippen molar-refractivity contribution < 1.29 is 23.9 Å². The fraction of sp³-hybridized carbons (Fsp3) is 0.391. The summed E-state index contributed by atoms with van der Waals surface area (Å²) in [4.78, 5) is 59.7. The number of rotatable bonds is 8. The van der Waals surface area contributed by atoms with E-state index in [1.165, 1.54) is 22.5 Å². The number of hydrogen-bond acceptors (Lipinski definition) is 10. The van der Waals surface area contributed by atoms with Crippen LogP contribution in [-0.2, 0) is 23.9 Å². The molecule has 1 N–H and O–H groups in total. The van der Waals surface area contributed by atoms with Crippen LogP contribution in [0.2, 0.25) is 0 Å². The number of methoxy groups -OCH3 is 1. The number of piperazine rings is 1. The van der Waals surface area contributed by atoms with Crippen LogP contribution in [0.1, 0.15) is 18.9 Å². The van der Waals surface area contributed by atoms with Crippen molar-refractivity contribution in [2.75, 3.05) is 44.9 Å². The molecule has 190 valence electrons. The molecule has 2 aliphatic rings. The van der Waals surface area contributed by atoms with Gasteiger partial charge in [0, 0.05) is 26.4 Å². The number of thiocarbonyl (C=S) groups is 1. The van der Waals surface area contributed by atoms with Gasteiger partial charge in [-0.3, -0.25) is 28.5 Å². The summed E-state index contributed by atoms with van der Waals surface area (Å²) in [7, 11) is 1.53. The minimum Gasteiger partial charge on any atom is -0.466 e. The molecule has 1 unspecified atom stereocenters. The standard InChI is InChI=1S/C23H25N5O6S2/c1-3-34-18(29)13-15-20(30)24-7-9-26(15)19-14(21(31)27-8-5-4-6-17(27)25-19)12-16-22(32)28(10-11-33-2)23(35)36-16/h4-6,8,12,15H,3,7,9-11,13H2,1-2H3,(H,24,30)/b16-12+. The molecular formula is C23H25N5O6S2. The topological polar surface area (TPSA) is 123 Å². The summed E-state index contributed by atoms with van der Waals surface area (Å²) in [5, 5.41) is 2.75. The number of anilines is 1. The third-order valence-electron chi connectivity index (χ3n) is 5.69. The smallest absolute Gasteiger partial charge is 0.308 e. The van der Waals surface area contributed by atoms with E-state index in [9.17, 15) is 19.2 Å². The van der Waals surface area contributed by atoms with Crippen LogP contribution in [0.15, 0.2) is 34.1 Å². The van der Waals surface area contributed by atoms with E-state index in [-0.39, 0.29) is 47.7 Å². The predicted molar refractivity (Wildman–Crippen MR) is 139 cm³/mol. The number of nitrogens with zero attached hydrogens (tertiary/aromatic N) is 4. The van der Waals surface area contributed by atoms with Crippen molar-refractivity contribution >= 4 is 63.6 Å². The number of hydrogen-bond donors (Lipinski definition) is 1. The maximum Gasteiger partial charge on any atom is 0.308 e. The Bertz CT molecular complexity index is 1310. The highest BCUT2D eigenvalue weighted by Gasteiger charge is 2.36. The first-order valence-electron chi connectivity index (χ1n) is 11.3. The van der Waals surface area contributed by atoms with E-state index in [4.69, 9.17) is 21.7 Å². The first-order valence-corrected chi connectivity index (χ1v) is 12.5. The van der Waals surface area contributed by atoms with E-state index in [0.29, 0.717) is 29.7 Å². The highest BCUT2D eigenvalue weighted by Crippen LogP contribution is 2.34. The Morgan fingerprint density at radius 3 is 2.89 bits per heavy atom. The molecule has 2 aliphatic heterocycles. The lowest BCUT2D eigenvalue weighted by molar-refractivity contribution is -0.145. The molecule has 1 atom stereocenters. The molecule has 0 aromatic carbocycles. The summed E-state index contributed by atoms with van der Waals surface area (Å²) in [5.74, 6) is -1.05. The normalized spacial score (nSPS) is 19.3. The number of amides is 2. The first kappa shape index (κ1) is 25.8. The van der Waals surface area contributed by atoms with Gasteiger partial charge in [-0.2, -0.15) is 0 Å². The monoisotopic (exact) mass is 531 g/mol. The van der Waals surface area contributed by atoms with E-state index in [1.807, 2.05) is 0 Å². The second-order valence-corrected chi connectivity index (χ2v) is 9.59. The molecule has 0 radical (unpaired) electrons. The molecule has 0 spiro atoms. The zero-order chi connectivity index (χ0) is 25.8. The number of thioether (sulfide) groups is 1. The van der Waals surface area contributed by atoms with Crippen molar-refractivity contribution in [1.82, 2.24) is 19.6 Å². The van der Waals surface area contributed by atoms with Crippen molar-refractivity contribution in [2.24, 2.45) is 0 Å². The molecule has 36 heavy (non-hydrogen) atoms. The second kappa shape index (κ2) is 11.2. The molecule has 2 aromatic rings. The van der Waals surface area contributed by atoms with Crippen LogP contribution < -0.4 is 15.8 Å². The van der Waals surface area contributed by atoms with Gasteiger partial charge in [0.1, 0.15) is 21.8 Å². The third-order valence-corrected chi connectivity index (χ3v) is 7.06. The molecule has 11 nitrogen and oxygen atoms in total. The molecular weight excluding hydrogens is 506 g/mol. The van der Waals surface area contributed by atoms with Gasteiger partial charge in [-0.1, -0.05) is 30.0 Å². The fourth-order valence-corrected chi connectivity index (χ4v) is 5.28. The Morgan fingerprint density at radius 2 is 2.14 bits per heavy atom.